The van der Waals surface area contributed by atoms with E-state index in [9.17, 15) is 0 Å². The van der Waals surface area contributed by atoms with Crippen molar-refractivity contribution in [2.45, 2.75) is 180 Å². The average Bonchev–Trinajstić information content (AvgIpc) is 3.39. The minimum atomic E-state index is 0.666. The summed E-state index contributed by atoms with van der Waals surface area (Å²) in [5.41, 5.74) is 0. The zero-order valence-corrected chi connectivity index (χ0v) is 24.3. The zero-order chi connectivity index (χ0) is 24.9. The summed E-state index contributed by atoms with van der Waals surface area (Å²) in [6, 6.07) is 0. The molecule has 1 aliphatic heterocycles. The molecule has 0 aromatic carbocycles. The lowest BCUT2D eigenvalue weighted by Crippen LogP contribution is -2.09. The molecule has 1 rings (SSSR count). The van der Waals surface area contributed by atoms with Gasteiger partial charge >= 0.3 is 0 Å². The molecule has 2 nitrogen and oxygen atoms in total. The Balaban J connectivity index is 1.60. The number of rotatable bonds is 29. The highest BCUT2D eigenvalue weighted by atomic mass is 16.5. The zero-order valence-electron chi connectivity index (χ0n) is 24.3. The van der Waals surface area contributed by atoms with Gasteiger partial charge in [0.1, 0.15) is 0 Å². The van der Waals surface area contributed by atoms with Crippen molar-refractivity contribution in [2.24, 2.45) is 5.92 Å². The third-order valence-electron chi connectivity index (χ3n) is 8.02. The van der Waals surface area contributed by atoms with Crippen LogP contribution in [0, 0.1) is 5.92 Å². The first-order valence-electron chi connectivity index (χ1n) is 16.6. The van der Waals surface area contributed by atoms with Gasteiger partial charge in [0.15, 0.2) is 0 Å². The lowest BCUT2D eigenvalue weighted by molar-refractivity contribution is 0.0871. The minimum Gasteiger partial charge on any atom is -0.381 e. The Kier molecular flexibility index (Phi) is 26.8. The van der Waals surface area contributed by atoms with Crippen LogP contribution in [0.5, 0.6) is 0 Å². The highest BCUT2D eigenvalue weighted by Crippen LogP contribution is 2.16. The normalized spacial score (nSPS) is 15.9. The first kappa shape index (κ1) is 32.9. The molecule has 210 valence electrons. The van der Waals surface area contributed by atoms with Crippen LogP contribution < -0.4 is 0 Å². The van der Waals surface area contributed by atoms with Crippen molar-refractivity contribution in [1.29, 1.82) is 0 Å². The van der Waals surface area contributed by atoms with Gasteiger partial charge in [0.25, 0.3) is 0 Å². The van der Waals surface area contributed by atoms with E-state index in [1.807, 2.05) is 0 Å². The summed E-state index contributed by atoms with van der Waals surface area (Å²) in [5.74, 6) is 0.666. The van der Waals surface area contributed by atoms with Gasteiger partial charge in [0.05, 0.1) is 13.2 Å². The summed E-state index contributed by atoms with van der Waals surface area (Å²) >= 11 is 0. The Morgan fingerprint density at radius 2 is 0.829 bits per heavy atom. The van der Waals surface area contributed by atoms with E-state index < -0.39 is 0 Å². The van der Waals surface area contributed by atoms with Gasteiger partial charge in [0, 0.05) is 19.1 Å². The van der Waals surface area contributed by atoms with Crippen LogP contribution in [-0.4, -0.2) is 26.4 Å². The maximum Gasteiger partial charge on any atom is 0.0517 e. The monoisotopic (exact) mass is 495 g/mol. The quantitative estimate of drug-likeness (QED) is 0.0962. The summed E-state index contributed by atoms with van der Waals surface area (Å²) < 4.78 is 11.2. The number of unbranched alkanes of at least 4 members (excludes halogenated alkanes) is 25. The molecule has 0 spiro atoms. The van der Waals surface area contributed by atoms with E-state index >= 15 is 0 Å². The summed E-state index contributed by atoms with van der Waals surface area (Å²) in [5, 5.41) is 0. The largest absolute Gasteiger partial charge is 0.381 e. The Labute approximate surface area is 222 Å². The topological polar surface area (TPSA) is 18.5 Å². The van der Waals surface area contributed by atoms with Crippen LogP contribution in [0.1, 0.15) is 180 Å². The molecule has 1 aliphatic rings. The molecule has 1 heterocycles. The molecule has 0 aromatic heterocycles. The number of ether oxygens (including phenoxy) is 2. The summed E-state index contributed by atoms with van der Waals surface area (Å²) in [6.07, 6.45) is 39.0. The van der Waals surface area contributed by atoms with Crippen molar-refractivity contribution < 1.29 is 9.47 Å². The summed E-state index contributed by atoms with van der Waals surface area (Å²) in [6.45, 7) is 6.03. The predicted octanol–water partition coefficient (Wildman–Crippen LogP) is 11.2. The van der Waals surface area contributed by atoms with Gasteiger partial charge in [-0.1, -0.05) is 167 Å². The van der Waals surface area contributed by atoms with Crippen molar-refractivity contribution in [3.63, 3.8) is 0 Å². The highest BCUT2D eigenvalue weighted by Gasteiger charge is 2.15. The average molecular weight is 495 g/mol. The summed E-state index contributed by atoms with van der Waals surface area (Å²) in [7, 11) is 0. The second-order valence-corrected chi connectivity index (χ2v) is 11.6. The molecule has 0 aromatic rings. The van der Waals surface area contributed by atoms with Gasteiger partial charge in [-0.25, -0.2) is 0 Å². The molecule has 1 fully saturated rings. The first-order valence-corrected chi connectivity index (χ1v) is 16.6. The smallest absolute Gasteiger partial charge is 0.0517 e. The third kappa shape index (κ3) is 25.4. The third-order valence-corrected chi connectivity index (χ3v) is 8.02. The number of hydrogen-bond donors (Lipinski definition) is 0. The Hall–Kier alpha value is -0.0800. The van der Waals surface area contributed by atoms with Gasteiger partial charge < -0.3 is 9.47 Å². The molecule has 1 saturated heterocycles. The molecular weight excluding hydrogens is 428 g/mol. The number of hydrogen-bond acceptors (Lipinski definition) is 2. The standard InChI is InChI=1S/C33H66O2/c1-2-3-4-5-6-7-8-9-10-11-12-13-14-15-16-17-18-19-20-21-22-23-24-25-26-27-29-34-31-33-28-30-35-32-33/h33H,2-32H2,1H3. The molecule has 2 heteroatoms. The Morgan fingerprint density at radius 1 is 0.486 bits per heavy atom. The molecule has 0 amide bonds. The fourth-order valence-electron chi connectivity index (χ4n) is 5.48. The lowest BCUT2D eigenvalue weighted by atomic mass is 10.0. The van der Waals surface area contributed by atoms with E-state index in [4.69, 9.17) is 9.47 Å². The molecule has 0 radical (unpaired) electrons. The molecule has 0 saturated carbocycles. The second kappa shape index (κ2) is 28.5. The molecule has 0 bridgehead atoms. The molecule has 35 heavy (non-hydrogen) atoms. The first-order chi connectivity index (χ1) is 17.4. The summed E-state index contributed by atoms with van der Waals surface area (Å²) in [4.78, 5) is 0. The maximum absolute atomic E-state index is 5.79. The Morgan fingerprint density at radius 3 is 1.14 bits per heavy atom. The van der Waals surface area contributed by atoms with Gasteiger partial charge in [0.2, 0.25) is 0 Å². The van der Waals surface area contributed by atoms with Gasteiger partial charge in [-0.2, -0.15) is 0 Å². The van der Waals surface area contributed by atoms with Gasteiger partial charge in [-0.15, -0.1) is 0 Å². The van der Waals surface area contributed by atoms with Crippen LogP contribution in [-0.2, 0) is 9.47 Å². The van der Waals surface area contributed by atoms with Gasteiger partial charge in [-0.3, -0.25) is 0 Å². The second-order valence-electron chi connectivity index (χ2n) is 11.6. The van der Waals surface area contributed by atoms with E-state index in [1.54, 1.807) is 0 Å². The van der Waals surface area contributed by atoms with E-state index in [-0.39, 0.29) is 0 Å². The van der Waals surface area contributed by atoms with E-state index in [0.29, 0.717) is 5.92 Å². The van der Waals surface area contributed by atoms with Crippen molar-refractivity contribution in [3.05, 3.63) is 0 Å². The Bertz CT molecular complexity index is 377. The highest BCUT2D eigenvalue weighted by molar-refractivity contribution is 4.62. The van der Waals surface area contributed by atoms with Crippen LogP contribution in [0.4, 0.5) is 0 Å². The fraction of sp³-hybridized carbons (Fsp3) is 1.00. The minimum absolute atomic E-state index is 0.666. The van der Waals surface area contributed by atoms with Crippen LogP contribution >= 0.6 is 0 Å². The van der Waals surface area contributed by atoms with Crippen molar-refractivity contribution in [2.75, 3.05) is 26.4 Å². The predicted molar refractivity (Wildman–Crippen MR) is 155 cm³/mol. The maximum atomic E-state index is 5.79. The van der Waals surface area contributed by atoms with Crippen molar-refractivity contribution >= 4 is 0 Å². The molecule has 1 unspecified atom stereocenters. The molecule has 0 N–H and O–H groups in total. The van der Waals surface area contributed by atoms with Crippen LogP contribution in [0.15, 0.2) is 0 Å². The van der Waals surface area contributed by atoms with E-state index in [0.717, 1.165) is 26.4 Å². The van der Waals surface area contributed by atoms with Crippen molar-refractivity contribution in [1.82, 2.24) is 0 Å². The van der Waals surface area contributed by atoms with Gasteiger partial charge in [-0.05, 0) is 12.8 Å². The van der Waals surface area contributed by atoms with Crippen LogP contribution in [0.3, 0.4) is 0 Å². The van der Waals surface area contributed by atoms with E-state index in [2.05, 4.69) is 6.92 Å². The van der Waals surface area contributed by atoms with Crippen LogP contribution in [0.2, 0.25) is 0 Å². The van der Waals surface area contributed by atoms with E-state index in [1.165, 1.54) is 173 Å². The van der Waals surface area contributed by atoms with Crippen LogP contribution in [0.25, 0.3) is 0 Å². The lowest BCUT2D eigenvalue weighted by Gasteiger charge is -2.08. The molecule has 1 atom stereocenters. The molecule has 0 aliphatic carbocycles. The van der Waals surface area contributed by atoms with Crippen molar-refractivity contribution in [3.8, 4) is 0 Å². The SMILES string of the molecule is CCCCCCCCCCCCCCCCCCCCCCCCCCCCOCC1CCOC1. The molecular formula is C33H66O2. The fourth-order valence-corrected chi connectivity index (χ4v) is 5.48.